The third kappa shape index (κ3) is 4.43. The fraction of sp³-hybridized carbons (Fsp3) is 0.233. The van der Waals surface area contributed by atoms with Crippen molar-refractivity contribution < 1.29 is 9.53 Å². The molecule has 0 bridgehead atoms. The molecule has 8 heteroatoms. The Morgan fingerprint density at radius 2 is 1.84 bits per heavy atom. The maximum Gasteiger partial charge on any atom is 0.326 e. The van der Waals surface area contributed by atoms with E-state index in [1.165, 1.54) is 21.3 Å². The molecule has 2 aromatic heterocycles. The van der Waals surface area contributed by atoms with Crippen molar-refractivity contribution in [1.29, 1.82) is 0 Å². The second-order valence-corrected chi connectivity index (χ2v) is 9.67. The molecule has 8 nitrogen and oxygen atoms in total. The van der Waals surface area contributed by atoms with Gasteiger partial charge in [-0.3, -0.25) is 23.9 Å². The highest BCUT2D eigenvalue weighted by molar-refractivity contribution is 6.05. The zero-order valence-electron chi connectivity index (χ0n) is 21.1. The molecule has 0 atom stereocenters. The van der Waals surface area contributed by atoms with Crippen molar-refractivity contribution in [2.24, 2.45) is 0 Å². The van der Waals surface area contributed by atoms with Crippen molar-refractivity contribution in [3.63, 3.8) is 0 Å². The summed E-state index contributed by atoms with van der Waals surface area (Å²) in [5.41, 5.74) is 4.40. The number of H-pyrrole nitrogens is 1. The van der Waals surface area contributed by atoms with Crippen LogP contribution >= 0.6 is 0 Å². The standard InChI is InChI=1S/C30H28N4O4/c1-2-38-27(35)19-34-28-25-15-24(9-7-22(25)8-10-26(28)31-29(36)30(34)37)33-14-11-20(17-33)16-32-13-12-21-5-3-4-6-23(21)18-32/h3-11,14-15,17H,2,12-13,16,18-19H2,1H3,(H,31,36). The average Bonchev–Trinajstić information content (AvgIpc) is 3.39. The van der Waals surface area contributed by atoms with Gasteiger partial charge in [-0.05, 0) is 59.7 Å². The minimum absolute atomic E-state index is 0.194. The van der Waals surface area contributed by atoms with E-state index < -0.39 is 17.1 Å². The van der Waals surface area contributed by atoms with Gasteiger partial charge in [-0.2, -0.15) is 0 Å². The number of aromatic nitrogens is 3. The Morgan fingerprint density at radius 3 is 2.68 bits per heavy atom. The first-order chi connectivity index (χ1) is 18.5. The quantitative estimate of drug-likeness (QED) is 0.214. The fourth-order valence-corrected chi connectivity index (χ4v) is 5.37. The first kappa shape index (κ1) is 23.9. The molecule has 0 fully saturated rings. The number of benzene rings is 3. The van der Waals surface area contributed by atoms with Gasteiger partial charge in [-0.15, -0.1) is 0 Å². The first-order valence-electron chi connectivity index (χ1n) is 12.8. The average molecular weight is 509 g/mol. The van der Waals surface area contributed by atoms with Gasteiger partial charge in [0.25, 0.3) is 0 Å². The summed E-state index contributed by atoms with van der Waals surface area (Å²) in [5.74, 6) is -0.565. The lowest BCUT2D eigenvalue weighted by Crippen LogP contribution is -2.38. The van der Waals surface area contributed by atoms with Crippen molar-refractivity contribution in [3.05, 3.63) is 110 Å². The molecule has 0 amide bonds. The van der Waals surface area contributed by atoms with Crippen LogP contribution in [0.15, 0.2) is 82.6 Å². The molecule has 38 heavy (non-hydrogen) atoms. The van der Waals surface area contributed by atoms with Crippen molar-refractivity contribution >= 4 is 27.8 Å². The predicted molar refractivity (Wildman–Crippen MR) is 147 cm³/mol. The zero-order chi connectivity index (χ0) is 26.2. The van der Waals surface area contributed by atoms with E-state index in [0.29, 0.717) is 11.0 Å². The number of aromatic amines is 1. The molecule has 0 radical (unpaired) electrons. The van der Waals surface area contributed by atoms with E-state index in [-0.39, 0.29) is 13.2 Å². The minimum atomic E-state index is -0.783. The molecule has 0 saturated heterocycles. The molecule has 0 spiro atoms. The zero-order valence-corrected chi connectivity index (χ0v) is 21.1. The molecule has 1 aliphatic heterocycles. The highest BCUT2D eigenvalue weighted by Crippen LogP contribution is 2.27. The van der Waals surface area contributed by atoms with Crippen LogP contribution < -0.4 is 11.1 Å². The summed E-state index contributed by atoms with van der Waals surface area (Å²) in [6.45, 7) is 4.40. The van der Waals surface area contributed by atoms with Crippen LogP contribution in [0, 0.1) is 0 Å². The number of rotatable bonds is 6. The summed E-state index contributed by atoms with van der Waals surface area (Å²) in [6, 6.07) is 20.4. The molecule has 0 aliphatic carbocycles. The van der Waals surface area contributed by atoms with Crippen LogP contribution in [0.1, 0.15) is 23.6 Å². The maximum absolute atomic E-state index is 12.8. The Morgan fingerprint density at radius 1 is 1.03 bits per heavy atom. The van der Waals surface area contributed by atoms with E-state index >= 15 is 0 Å². The van der Waals surface area contributed by atoms with Crippen molar-refractivity contribution in [3.8, 4) is 5.69 Å². The number of carbonyl (C=O) groups excluding carboxylic acids is 1. The van der Waals surface area contributed by atoms with E-state index in [2.05, 4.69) is 51.0 Å². The highest BCUT2D eigenvalue weighted by atomic mass is 16.5. The van der Waals surface area contributed by atoms with Gasteiger partial charge in [-0.1, -0.05) is 36.4 Å². The maximum atomic E-state index is 12.8. The van der Waals surface area contributed by atoms with Crippen LogP contribution in [0.5, 0.6) is 0 Å². The number of nitrogens with zero attached hydrogens (tertiary/aromatic N) is 3. The van der Waals surface area contributed by atoms with Crippen LogP contribution in [0.3, 0.4) is 0 Å². The largest absolute Gasteiger partial charge is 0.465 e. The van der Waals surface area contributed by atoms with E-state index in [1.807, 2.05) is 30.5 Å². The number of nitrogens with one attached hydrogen (secondary N) is 1. The molecule has 6 rings (SSSR count). The van der Waals surface area contributed by atoms with E-state index in [0.717, 1.165) is 42.5 Å². The Labute approximate surface area is 218 Å². The van der Waals surface area contributed by atoms with Crippen molar-refractivity contribution in [1.82, 2.24) is 19.0 Å². The fourth-order valence-electron chi connectivity index (χ4n) is 5.37. The molecule has 1 aliphatic rings. The number of ether oxygens (including phenoxy) is 1. The lowest BCUT2D eigenvalue weighted by Gasteiger charge is -2.28. The van der Waals surface area contributed by atoms with E-state index in [1.54, 1.807) is 13.0 Å². The Kier molecular flexibility index (Phi) is 6.17. The van der Waals surface area contributed by atoms with Gasteiger partial charge in [0.15, 0.2) is 0 Å². The normalized spacial score (nSPS) is 13.6. The van der Waals surface area contributed by atoms with Crippen LogP contribution in [0.2, 0.25) is 0 Å². The Hall–Kier alpha value is -4.43. The number of hydrogen-bond donors (Lipinski definition) is 1. The third-order valence-corrected chi connectivity index (χ3v) is 7.19. The predicted octanol–water partition coefficient (Wildman–Crippen LogP) is 3.76. The minimum Gasteiger partial charge on any atom is -0.465 e. The van der Waals surface area contributed by atoms with Crippen LogP contribution in [-0.2, 0) is 35.6 Å². The van der Waals surface area contributed by atoms with Crippen molar-refractivity contribution in [2.45, 2.75) is 33.0 Å². The van der Waals surface area contributed by atoms with Crippen LogP contribution in [0.25, 0.3) is 27.5 Å². The summed E-state index contributed by atoms with van der Waals surface area (Å²) in [6.07, 6.45) is 5.22. The number of carbonyl (C=O) groups is 1. The van der Waals surface area contributed by atoms with Gasteiger partial charge in [0.05, 0.1) is 17.6 Å². The molecule has 3 aromatic carbocycles. The lowest BCUT2D eigenvalue weighted by molar-refractivity contribution is -0.143. The molecular weight excluding hydrogens is 480 g/mol. The van der Waals surface area contributed by atoms with Crippen LogP contribution in [-0.4, -0.2) is 38.1 Å². The molecule has 3 heterocycles. The summed E-state index contributed by atoms with van der Waals surface area (Å²) in [7, 11) is 0. The first-order valence-corrected chi connectivity index (χ1v) is 12.8. The summed E-state index contributed by atoms with van der Waals surface area (Å²) >= 11 is 0. The molecule has 5 aromatic rings. The topological polar surface area (TPSA) is 89.3 Å². The van der Waals surface area contributed by atoms with Gasteiger partial charge in [-0.25, -0.2) is 0 Å². The summed E-state index contributed by atoms with van der Waals surface area (Å²) in [5, 5.41) is 1.66. The number of esters is 1. The van der Waals surface area contributed by atoms with Crippen LogP contribution in [0.4, 0.5) is 0 Å². The Bertz CT molecular complexity index is 1800. The summed E-state index contributed by atoms with van der Waals surface area (Å²) < 4.78 is 8.34. The van der Waals surface area contributed by atoms with Gasteiger partial charge in [0, 0.05) is 43.1 Å². The van der Waals surface area contributed by atoms with Gasteiger partial charge in [0.1, 0.15) is 6.54 Å². The number of hydrogen-bond acceptors (Lipinski definition) is 5. The molecular formula is C30H28N4O4. The monoisotopic (exact) mass is 508 g/mol. The molecule has 0 unspecified atom stereocenters. The highest BCUT2D eigenvalue weighted by Gasteiger charge is 2.17. The van der Waals surface area contributed by atoms with E-state index in [9.17, 15) is 14.4 Å². The molecule has 1 N–H and O–H groups in total. The lowest BCUT2D eigenvalue weighted by atomic mass is 10.00. The van der Waals surface area contributed by atoms with Gasteiger partial charge >= 0.3 is 17.1 Å². The van der Waals surface area contributed by atoms with Gasteiger partial charge in [0.2, 0.25) is 0 Å². The van der Waals surface area contributed by atoms with E-state index in [4.69, 9.17) is 4.74 Å². The second kappa shape index (κ2) is 9.79. The Balaban J connectivity index is 1.36. The third-order valence-electron chi connectivity index (χ3n) is 7.19. The molecule has 192 valence electrons. The number of fused-ring (bicyclic) bond motifs is 4. The molecule has 0 saturated carbocycles. The second-order valence-electron chi connectivity index (χ2n) is 9.67. The summed E-state index contributed by atoms with van der Waals surface area (Å²) in [4.78, 5) is 42.5. The SMILES string of the molecule is CCOC(=O)Cn1c(=O)c(=O)[nH]c2ccc3ccc(-n4ccc(CN5CCc6ccccc6C5)c4)cc3c21. The van der Waals surface area contributed by atoms with Crippen molar-refractivity contribution in [2.75, 3.05) is 13.2 Å². The van der Waals surface area contributed by atoms with Gasteiger partial charge < -0.3 is 14.3 Å². The smallest absolute Gasteiger partial charge is 0.326 e.